The van der Waals surface area contributed by atoms with Crippen LogP contribution in [0.4, 0.5) is 16.2 Å². The van der Waals surface area contributed by atoms with Gasteiger partial charge in [0.15, 0.2) is 5.82 Å². The molecule has 0 amide bonds. The van der Waals surface area contributed by atoms with Crippen LogP contribution < -0.4 is 9.80 Å². The number of fused-ring (bicyclic) bond motifs is 1. The van der Waals surface area contributed by atoms with Gasteiger partial charge in [-0.25, -0.2) is 24.3 Å². The van der Waals surface area contributed by atoms with E-state index >= 15 is 0 Å². The molecule has 0 bridgehead atoms. The Bertz CT molecular complexity index is 681. The van der Waals surface area contributed by atoms with Gasteiger partial charge in [-0.05, 0) is 25.7 Å². The normalized spacial score (nSPS) is 18.0. The van der Waals surface area contributed by atoms with Gasteiger partial charge in [-0.3, -0.25) is 0 Å². The molecule has 1 fully saturated rings. The molecule has 7 heteroatoms. The Hall–Kier alpha value is -2.31. The van der Waals surface area contributed by atoms with Crippen LogP contribution in [-0.2, 0) is 12.8 Å². The van der Waals surface area contributed by atoms with Crippen LogP contribution in [0.25, 0.3) is 0 Å². The summed E-state index contributed by atoms with van der Waals surface area (Å²) in [6.45, 7) is 3.35. The fourth-order valence-electron chi connectivity index (χ4n) is 3.36. The number of hydrogen-bond donors (Lipinski definition) is 0. The van der Waals surface area contributed by atoms with Crippen molar-refractivity contribution in [2.24, 2.45) is 0 Å². The second kappa shape index (κ2) is 6.06. The van der Waals surface area contributed by atoms with Crippen LogP contribution in [0.15, 0.2) is 18.7 Å². The van der Waals surface area contributed by atoms with Crippen molar-refractivity contribution in [1.82, 2.24) is 19.9 Å². The highest BCUT2D eigenvalue weighted by Gasteiger charge is 2.24. The lowest BCUT2D eigenvalue weighted by Gasteiger charge is -2.36. The predicted octanol–water partition coefficient (Wildman–Crippen LogP) is 1.61. The van der Waals surface area contributed by atoms with E-state index in [0.29, 0.717) is 5.95 Å². The van der Waals surface area contributed by atoms with Crippen LogP contribution in [0.5, 0.6) is 0 Å². The first kappa shape index (κ1) is 14.3. The van der Waals surface area contributed by atoms with E-state index in [9.17, 15) is 4.39 Å². The third-order valence-electron chi connectivity index (χ3n) is 4.57. The number of halogens is 1. The fourth-order valence-corrected chi connectivity index (χ4v) is 3.36. The molecule has 1 aliphatic carbocycles. The summed E-state index contributed by atoms with van der Waals surface area (Å²) in [5, 5.41) is 0. The SMILES string of the molecule is Fc1cnc(N2CCN(c3ncnc4c3CCCC4)CC2)nc1. The molecular weight excluding hydrogens is 295 g/mol. The third kappa shape index (κ3) is 2.83. The predicted molar refractivity (Wildman–Crippen MR) is 85.1 cm³/mol. The van der Waals surface area contributed by atoms with Crippen molar-refractivity contribution in [2.75, 3.05) is 36.0 Å². The minimum Gasteiger partial charge on any atom is -0.353 e. The summed E-state index contributed by atoms with van der Waals surface area (Å²) in [4.78, 5) is 21.5. The molecule has 1 aliphatic heterocycles. The lowest BCUT2D eigenvalue weighted by atomic mass is 9.96. The topological polar surface area (TPSA) is 58.0 Å². The van der Waals surface area contributed by atoms with Crippen molar-refractivity contribution in [3.8, 4) is 0 Å². The van der Waals surface area contributed by atoms with Gasteiger partial charge < -0.3 is 9.80 Å². The first-order valence-corrected chi connectivity index (χ1v) is 8.11. The molecule has 0 saturated carbocycles. The van der Waals surface area contributed by atoms with Crippen LogP contribution in [-0.4, -0.2) is 46.1 Å². The summed E-state index contributed by atoms with van der Waals surface area (Å²) in [5.74, 6) is 1.28. The number of hydrogen-bond acceptors (Lipinski definition) is 6. The second-order valence-corrected chi connectivity index (χ2v) is 6.01. The molecular formula is C16H19FN6. The van der Waals surface area contributed by atoms with E-state index in [-0.39, 0.29) is 0 Å². The van der Waals surface area contributed by atoms with Gasteiger partial charge >= 0.3 is 0 Å². The van der Waals surface area contributed by atoms with Crippen LogP contribution >= 0.6 is 0 Å². The van der Waals surface area contributed by atoms with Crippen LogP contribution in [0.1, 0.15) is 24.1 Å². The van der Waals surface area contributed by atoms with Crippen molar-refractivity contribution >= 4 is 11.8 Å². The molecule has 6 nitrogen and oxygen atoms in total. The summed E-state index contributed by atoms with van der Waals surface area (Å²) in [7, 11) is 0. The molecule has 0 unspecified atom stereocenters. The molecule has 23 heavy (non-hydrogen) atoms. The van der Waals surface area contributed by atoms with Crippen molar-refractivity contribution in [1.29, 1.82) is 0 Å². The van der Waals surface area contributed by atoms with E-state index in [0.717, 1.165) is 44.8 Å². The molecule has 2 aliphatic rings. The average Bonchev–Trinajstić information content (AvgIpc) is 2.62. The minimum absolute atomic E-state index is 0.403. The quantitative estimate of drug-likeness (QED) is 0.839. The third-order valence-corrected chi connectivity index (χ3v) is 4.57. The molecule has 0 radical (unpaired) electrons. The molecule has 2 aromatic heterocycles. The maximum atomic E-state index is 12.9. The van der Waals surface area contributed by atoms with Gasteiger partial charge in [-0.1, -0.05) is 0 Å². The van der Waals surface area contributed by atoms with Crippen molar-refractivity contribution in [2.45, 2.75) is 25.7 Å². The summed E-state index contributed by atoms with van der Waals surface area (Å²) < 4.78 is 12.9. The first-order chi connectivity index (χ1) is 11.3. The van der Waals surface area contributed by atoms with Crippen LogP contribution in [0, 0.1) is 5.82 Å². The molecule has 0 aromatic carbocycles. The Morgan fingerprint density at radius 2 is 1.52 bits per heavy atom. The van der Waals surface area contributed by atoms with Gasteiger partial charge in [0.1, 0.15) is 12.1 Å². The van der Waals surface area contributed by atoms with Gasteiger partial charge in [-0.2, -0.15) is 0 Å². The van der Waals surface area contributed by atoms with Gasteiger partial charge in [0.05, 0.1) is 12.4 Å². The zero-order valence-corrected chi connectivity index (χ0v) is 13.0. The summed E-state index contributed by atoms with van der Waals surface area (Å²) in [6.07, 6.45) is 8.71. The van der Waals surface area contributed by atoms with Crippen molar-refractivity contribution < 1.29 is 4.39 Å². The lowest BCUT2D eigenvalue weighted by molar-refractivity contribution is 0.597. The monoisotopic (exact) mass is 314 g/mol. The molecule has 4 rings (SSSR count). The van der Waals surface area contributed by atoms with Crippen molar-refractivity contribution in [3.05, 3.63) is 35.8 Å². The minimum atomic E-state index is -0.403. The summed E-state index contributed by atoms with van der Waals surface area (Å²) >= 11 is 0. The van der Waals surface area contributed by atoms with E-state index in [2.05, 4.69) is 29.7 Å². The summed E-state index contributed by atoms with van der Waals surface area (Å²) in [6, 6.07) is 0. The van der Waals surface area contributed by atoms with Crippen LogP contribution in [0.2, 0.25) is 0 Å². The second-order valence-electron chi connectivity index (χ2n) is 6.01. The Balaban J connectivity index is 1.49. The van der Waals surface area contributed by atoms with Gasteiger partial charge in [0.25, 0.3) is 0 Å². The van der Waals surface area contributed by atoms with Gasteiger partial charge in [0.2, 0.25) is 5.95 Å². The van der Waals surface area contributed by atoms with E-state index in [4.69, 9.17) is 0 Å². The average molecular weight is 314 g/mol. The highest BCUT2D eigenvalue weighted by atomic mass is 19.1. The number of piperazine rings is 1. The Labute approximate surface area is 134 Å². The Kier molecular flexibility index (Phi) is 3.77. The van der Waals surface area contributed by atoms with E-state index in [1.807, 2.05) is 0 Å². The molecule has 2 aromatic rings. The molecule has 0 N–H and O–H groups in total. The molecule has 3 heterocycles. The molecule has 120 valence electrons. The van der Waals surface area contributed by atoms with E-state index in [1.54, 1.807) is 6.33 Å². The number of nitrogens with zero attached hydrogens (tertiary/aromatic N) is 6. The number of aromatic nitrogens is 4. The zero-order valence-electron chi connectivity index (χ0n) is 13.0. The number of aryl methyl sites for hydroxylation is 1. The molecule has 0 atom stereocenters. The zero-order chi connectivity index (χ0) is 15.6. The standard InChI is InChI=1S/C16H19FN6/c17-12-9-18-16(19-10-12)23-7-5-22(6-8-23)15-13-3-1-2-4-14(13)20-11-21-15/h9-11H,1-8H2. The Morgan fingerprint density at radius 3 is 2.30 bits per heavy atom. The molecule has 0 spiro atoms. The lowest BCUT2D eigenvalue weighted by Crippen LogP contribution is -2.47. The highest BCUT2D eigenvalue weighted by Crippen LogP contribution is 2.27. The van der Waals surface area contributed by atoms with Crippen LogP contribution in [0.3, 0.4) is 0 Å². The van der Waals surface area contributed by atoms with E-state index in [1.165, 1.54) is 36.5 Å². The largest absolute Gasteiger partial charge is 0.353 e. The number of anilines is 2. The van der Waals surface area contributed by atoms with Crippen molar-refractivity contribution in [3.63, 3.8) is 0 Å². The Morgan fingerprint density at radius 1 is 0.826 bits per heavy atom. The number of rotatable bonds is 2. The highest BCUT2D eigenvalue weighted by molar-refractivity contribution is 5.51. The fraction of sp³-hybridized carbons (Fsp3) is 0.500. The van der Waals surface area contributed by atoms with Gasteiger partial charge in [-0.15, -0.1) is 0 Å². The van der Waals surface area contributed by atoms with E-state index < -0.39 is 5.82 Å². The molecule has 1 saturated heterocycles. The smallest absolute Gasteiger partial charge is 0.225 e. The first-order valence-electron chi connectivity index (χ1n) is 8.11. The van der Waals surface area contributed by atoms with Gasteiger partial charge in [0, 0.05) is 37.4 Å². The summed E-state index contributed by atoms with van der Waals surface area (Å²) in [5.41, 5.74) is 2.54. The maximum Gasteiger partial charge on any atom is 0.225 e. The maximum absolute atomic E-state index is 12.9.